The molecule has 0 atom stereocenters. The lowest BCUT2D eigenvalue weighted by Gasteiger charge is -2.07. The molecule has 2 aromatic rings. The van der Waals surface area contributed by atoms with Gasteiger partial charge in [-0.15, -0.1) is 10.2 Å². The fourth-order valence-electron chi connectivity index (χ4n) is 2.41. The Hall–Kier alpha value is -2.02. The summed E-state index contributed by atoms with van der Waals surface area (Å²) in [6, 6.07) is 8.21. The van der Waals surface area contributed by atoms with Gasteiger partial charge in [0.2, 0.25) is 11.1 Å². The number of carbonyl (C=O) groups is 1. The van der Waals surface area contributed by atoms with Gasteiger partial charge in [0.05, 0.1) is 5.75 Å². The summed E-state index contributed by atoms with van der Waals surface area (Å²) >= 11 is 1.32. The fourth-order valence-corrected chi connectivity index (χ4v) is 3.11. The zero-order chi connectivity index (χ0) is 16.2. The van der Waals surface area contributed by atoms with E-state index in [1.807, 2.05) is 12.1 Å². The Labute approximate surface area is 139 Å². The molecule has 3 rings (SSSR count). The van der Waals surface area contributed by atoms with Crippen molar-refractivity contribution in [3.63, 3.8) is 0 Å². The number of nitrogens with one attached hydrogen (secondary N) is 1. The van der Waals surface area contributed by atoms with Crippen molar-refractivity contribution < 1.29 is 4.79 Å². The number of hydrogen-bond donors (Lipinski definition) is 2. The van der Waals surface area contributed by atoms with Crippen LogP contribution in [0.2, 0.25) is 0 Å². The van der Waals surface area contributed by atoms with Gasteiger partial charge in [0.1, 0.15) is 0 Å². The second-order valence-electron chi connectivity index (χ2n) is 5.80. The molecule has 1 aromatic carbocycles. The molecule has 23 heavy (non-hydrogen) atoms. The van der Waals surface area contributed by atoms with Crippen molar-refractivity contribution in [2.75, 3.05) is 18.1 Å². The molecule has 1 aliphatic carbocycles. The minimum atomic E-state index is -0.0143. The zero-order valence-corrected chi connectivity index (χ0v) is 14.0. The monoisotopic (exact) mass is 331 g/mol. The first kappa shape index (κ1) is 15.9. The zero-order valence-electron chi connectivity index (χ0n) is 13.2. The van der Waals surface area contributed by atoms with Crippen LogP contribution in [0.25, 0.3) is 0 Å². The van der Waals surface area contributed by atoms with Crippen LogP contribution in [0.4, 0.5) is 0 Å². The number of nitrogen functional groups attached to an aromatic ring is 1. The van der Waals surface area contributed by atoms with Gasteiger partial charge >= 0.3 is 0 Å². The third-order valence-corrected chi connectivity index (χ3v) is 4.89. The van der Waals surface area contributed by atoms with Gasteiger partial charge in [0.25, 0.3) is 0 Å². The van der Waals surface area contributed by atoms with Crippen molar-refractivity contribution in [3.05, 3.63) is 41.2 Å². The standard InChI is InChI=1S/C16H21N5OS/c1-11-4-2-3-5-12(11)8-9-18-14(22)10-23-16-20-19-15(21(16)17)13-6-7-13/h2-5,13H,6-10,17H2,1H3,(H,18,22). The molecular weight excluding hydrogens is 310 g/mol. The van der Waals surface area contributed by atoms with Gasteiger partial charge in [-0.2, -0.15) is 0 Å². The number of thioether (sulfide) groups is 1. The molecule has 0 aliphatic heterocycles. The number of aryl methyl sites for hydroxylation is 1. The highest BCUT2D eigenvalue weighted by atomic mass is 32.2. The molecule has 0 unspecified atom stereocenters. The van der Waals surface area contributed by atoms with Crippen LogP contribution in [-0.4, -0.2) is 33.1 Å². The Bertz CT molecular complexity index is 696. The van der Waals surface area contributed by atoms with Crippen LogP contribution in [0.15, 0.2) is 29.4 Å². The van der Waals surface area contributed by atoms with E-state index in [0.29, 0.717) is 23.4 Å². The lowest BCUT2D eigenvalue weighted by atomic mass is 10.1. The Morgan fingerprint density at radius 1 is 1.39 bits per heavy atom. The summed E-state index contributed by atoms with van der Waals surface area (Å²) in [7, 11) is 0. The topological polar surface area (TPSA) is 85.8 Å². The highest BCUT2D eigenvalue weighted by molar-refractivity contribution is 7.99. The molecule has 1 fully saturated rings. The van der Waals surface area contributed by atoms with Crippen molar-refractivity contribution >= 4 is 17.7 Å². The van der Waals surface area contributed by atoms with Crippen molar-refractivity contribution in [2.24, 2.45) is 0 Å². The highest BCUT2D eigenvalue weighted by Crippen LogP contribution is 2.39. The number of benzene rings is 1. The molecule has 1 aliphatic rings. The van der Waals surface area contributed by atoms with E-state index >= 15 is 0 Å². The van der Waals surface area contributed by atoms with Gasteiger partial charge in [-0.3, -0.25) is 4.79 Å². The molecule has 0 radical (unpaired) electrons. The van der Waals surface area contributed by atoms with Crippen LogP contribution >= 0.6 is 11.8 Å². The van der Waals surface area contributed by atoms with Crippen molar-refractivity contribution in [3.8, 4) is 0 Å². The summed E-state index contributed by atoms with van der Waals surface area (Å²) in [6.45, 7) is 2.71. The summed E-state index contributed by atoms with van der Waals surface area (Å²) in [5, 5.41) is 11.7. The first-order valence-corrected chi connectivity index (χ1v) is 8.78. The minimum absolute atomic E-state index is 0.0143. The molecule has 1 heterocycles. The van der Waals surface area contributed by atoms with Gasteiger partial charge in [-0.25, -0.2) is 4.68 Å². The summed E-state index contributed by atoms with van der Waals surface area (Å²) in [5.74, 6) is 7.52. The average molecular weight is 331 g/mol. The average Bonchev–Trinajstić information content (AvgIpc) is 3.31. The predicted octanol–water partition coefficient (Wildman–Crippen LogP) is 1.63. The van der Waals surface area contributed by atoms with Gasteiger partial charge in [-0.05, 0) is 37.3 Å². The molecule has 1 amide bonds. The van der Waals surface area contributed by atoms with Crippen LogP contribution in [0.1, 0.15) is 35.7 Å². The quantitative estimate of drug-likeness (QED) is 0.595. The van der Waals surface area contributed by atoms with Gasteiger partial charge in [0.15, 0.2) is 5.82 Å². The molecule has 1 aromatic heterocycles. The van der Waals surface area contributed by atoms with Crippen LogP contribution in [0, 0.1) is 6.92 Å². The van der Waals surface area contributed by atoms with Crippen molar-refractivity contribution in [2.45, 2.75) is 37.3 Å². The summed E-state index contributed by atoms with van der Waals surface area (Å²) in [6.07, 6.45) is 3.08. The summed E-state index contributed by atoms with van der Waals surface area (Å²) in [4.78, 5) is 11.9. The van der Waals surface area contributed by atoms with E-state index < -0.39 is 0 Å². The molecule has 1 saturated carbocycles. The lowest BCUT2D eigenvalue weighted by Crippen LogP contribution is -2.27. The minimum Gasteiger partial charge on any atom is -0.355 e. The molecule has 3 N–H and O–H groups in total. The van der Waals surface area contributed by atoms with Gasteiger partial charge in [0, 0.05) is 12.5 Å². The predicted molar refractivity (Wildman–Crippen MR) is 90.8 cm³/mol. The van der Waals surface area contributed by atoms with Gasteiger partial charge < -0.3 is 11.2 Å². The molecule has 0 spiro atoms. The Morgan fingerprint density at radius 3 is 2.91 bits per heavy atom. The second-order valence-corrected chi connectivity index (χ2v) is 6.74. The summed E-state index contributed by atoms with van der Waals surface area (Å²) in [5.41, 5.74) is 2.51. The van der Waals surface area contributed by atoms with Crippen LogP contribution < -0.4 is 11.2 Å². The number of hydrogen-bond acceptors (Lipinski definition) is 5. The molecule has 6 nitrogen and oxygen atoms in total. The van der Waals surface area contributed by atoms with Crippen molar-refractivity contribution in [1.82, 2.24) is 20.2 Å². The normalized spacial score (nSPS) is 14.0. The highest BCUT2D eigenvalue weighted by Gasteiger charge is 2.29. The SMILES string of the molecule is Cc1ccccc1CCNC(=O)CSc1nnc(C2CC2)n1N. The number of amides is 1. The van der Waals surface area contributed by atoms with E-state index in [0.717, 1.165) is 25.1 Å². The number of carbonyl (C=O) groups excluding carboxylic acids is 1. The summed E-state index contributed by atoms with van der Waals surface area (Å²) < 4.78 is 1.52. The Balaban J connectivity index is 1.42. The number of nitrogens with zero attached hydrogens (tertiary/aromatic N) is 3. The molecule has 7 heteroatoms. The molecule has 0 saturated heterocycles. The van der Waals surface area contributed by atoms with E-state index in [9.17, 15) is 4.79 Å². The van der Waals surface area contributed by atoms with E-state index in [1.54, 1.807) is 0 Å². The maximum absolute atomic E-state index is 11.9. The first-order chi connectivity index (χ1) is 11.1. The van der Waals surface area contributed by atoms with E-state index in [4.69, 9.17) is 5.84 Å². The third-order valence-electron chi connectivity index (χ3n) is 3.94. The molecule has 0 bridgehead atoms. The number of rotatable bonds is 7. The van der Waals surface area contributed by atoms with E-state index in [2.05, 4.69) is 34.6 Å². The Morgan fingerprint density at radius 2 is 2.17 bits per heavy atom. The van der Waals surface area contributed by atoms with Crippen LogP contribution in [0.3, 0.4) is 0 Å². The first-order valence-electron chi connectivity index (χ1n) is 7.79. The smallest absolute Gasteiger partial charge is 0.230 e. The van der Waals surface area contributed by atoms with Crippen LogP contribution in [-0.2, 0) is 11.2 Å². The Kier molecular flexibility index (Phi) is 4.85. The lowest BCUT2D eigenvalue weighted by molar-refractivity contribution is -0.118. The third kappa shape index (κ3) is 4.04. The molecule has 122 valence electrons. The van der Waals surface area contributed by atoms with E-state index in [-0.39, 0.29) is 5.91 Å². The van der Waals surface area contributed by atoms with Crippen molar-refractivity contribution in [1.29, 1.82) is 0 Å². The largest absolute Gasteiger partial charge is 0.355 e. The fraction of sp³-hybridized carbons (Fsp3) is 0.438. The van der Waals surface area contributed by atoms with Gasteiger partial charge in [-0.1, -0.05) is 36.0 Å². The maximum atomic E-state index is 11.9. The van der Waals surface area contributed by atoms with Crippen LogP contribution in [0.5, 0.6) is 0 Å². The number of nitrogens with two attached hydrogens (primary N) is 1. The number of aromatic nitrogens is 3. The maximum Gasteiger partial charge on any atom is 0.230 e. The van der Waals surface area contributed by atoms with E-state index in [1.165, 1.54) is 27.6 Å². The molecular formula is C16H21N5OS. The second kappa shape index (κ2) is 7.04.